The lowest BCUT2D eigenvalue weighted by molar-refractivity contribution is -0.00483. The monoisotopic (exact) mass is 401 g/mol. The number of ether oxygens (including phenoxy) is 1. The van der Waals surface area contributed by atoms with Crippen LogP contribution >= 0.6 is 0 Å². The Bertz CT molecular complexity index is 1150. The highest BCUT2D eigenvalue weighted by Crippen LogP contribution is 2.43. The molecule has 0 bridgehead atoms. The summed E-state index contributed by atoms with van der Waals surface area (Å²) in [6.45, 7) is 5.60. The molecule has 2 aliphatic heterocycles. The van der Waals surface area contributed by atoms with Crippen molar-refractivity contribution in [3.63, 3.8) is 0 Å². The van der Waals surface area contributed by atoms with Gasteiger partial charge in [-0.3, -0.25) is 4.98 Å². The molecule has 0 unspecified atom stereocenters. The van der Waals surface area contributed by atoms with Crippen LogP contribution in [0.2, 0.25) is 0 Å². The van der Waals surface area contributed by atoms with Gasteiger partial charge in [0.2, 0.25) is 0 Å². The van der Waals surface area contributed by atoms with Gasteiger partial charge < -0.3 is 15.4 Å². The number of primary amides is 1. The normalized spacial score (nSPS) is 17.6. The van der Waals surface area contributed by atoms with Gasteiger partial charge in [-0.25, -0.2) is 4.79 Å². The number of fused-ring (bicyclic) bond motifs is 2. The number of urea groups is 1. The minimum absolute atomic E-state index is 0.166. The molecule has 3 aromatic rings. The number of pyridine rings is 1. The molecule has 0 aliphatic carbocycles. The Balaban J connectivity index is 1.45. The van der Waals surface area contributed by atoms with Gasteiger partial charge in [-0.2, -0.15) is 0 Å². The number of rotatable bonds is 1. The SMILES string of the molecule is Cc1c(-c2ccc3c(C)nccc3c2)ccc2c1CCC1(CCN(C(N)=O)CC1)O2. The second-order valence-electron chi connectivity index (χ2n) is 8.66. The van der Waals surface area contributed by atoms with Crippen LogP contribution in [0.15, 0.2) is 42.6 Å². The largest absolute Gasteiger partial charge is 0.487 e. The van der Waals surface area contributed by atoms with E-state index in [0.29, 0.717) is 13.1 Å². The predicted molar refractivity (Wildman–Crippen MR) is 119 cm³/mol. The van der Waals surface area contributed by atoms with Crippen LogP contribution in [0.3, 0.4) is 0 Å². The van der Waals surface area contributed by atoms with Crippen LogP contribution in [-0.2, 0) is 6.42 Å². The summed E-state index contributed by atoms with van der Waals surface area (Å²) < 4.78 is 6.56. The van der Waals surface area contributed by atoms with Gasteiger partial charge in [0.1, 0.15) is 11.4 Å². The molecule has 1 spiro atoms. The molecular formula is C25H27N3O2. The second-order valence-corrected chi connectivity index (χ2v) is 8.66. The molecule has 5 rings (SSSR count). The molecular weight excluding hydrogens is 374 g/mol. The Morgan fingerprint density at radius 1 is 1.10 bits per heavy atom. The fourth-order valence-electron chi connectivity index (χ4n) is 5.07. The third-order valence-electron chi connectivity index (χ3n) is 6.97. The lowest BCUT2D eigenvalue weighted by Crippen LogP contribution is -2.52. The molecule has 154 valence electrons. The number of nitrogens with two attached hydrogens (primary N) is 1. The average molecular weight is 402 g/mol. The van der Waals surface area contributed by atoms with E-state index in [1.165, 1.54) is 33.0 Å². The van der Waals surface area contributed by atoms with E-state index >= 15 is 0 Å². The molecule has 2 N–H and O–H groups in total. The smallest absolute Gasteiger partial charge is 0.314 e. The Morgan fingerprint density at radius 2 is 1.90 bits per heavy atom. The maximum absolute atomic E-state index is 11.4. The van der Waals surface area contributed by atoms with E-state index in [0.717, 1.165) is 37.1 Å². The molecule has 0 radical (unpaired) electrons. The van der Waals surface area contributed by atoms with Crippen molar-refractivity contribution in [2.75, 3.05) is 13.1 Å². The van der Waals surface area contributed by atoms with Gasteiger partial charge in [0.05, 0.1) is 0 Å². The first-order valence-electron chi connectivity index (χ1n) is 10.7. The molecule has 2 aromatic carbocycles. The Labute approximate surface area is 176 Å². The lowest BCUT2D eigenvalue weighted by Gasteiger charge is -2.44. The molecule has 5 nitrogen and oxygen atoms in total. The zero-order valence-corrected chi connectivity index (χ0v) is 17.6. The van der Waals surface area contributed by atoms with Crippen LogP contribution in [0.25, 0.3) is 21.9 Å². The molecule has 0 saturated carbocycles. The van der Waals surface area contributed by atoms with E-state index < -0.39 is 0 Å². The zero-order chi connectivity index (χ0) is 20.9. The van der Waals surface area contributed by atoms with Crippen molar-refractivity contribution in [2.24, 2.45) is 5.73 Å². The molecule has 30 heavy (non-hydrogen) atoms. The predicted octanol–water partition coefficient (Wildman–Crippen LogP) is 4.76. The third-order valence-corrected chi connectivity index (χ3v) is 6.97. The van der Waals surface area contributed by atoms with Crippen molar-refractivity contribution in [1.82, 2.24) is 9.88 Å². The molecule has 1 aromatic heterocycles. The summed E-state index contributed by atoms with van der Waals surface area (Å²) in [7, 11) is 0. The summed E-state index contributed by atoms with van der Waals surface area (Å²) in [5.41, 5.74) is 11.4. The van der Waals surface area contributed by atoms with E-state index in [-0.39, 0.29) is 11.6 Å². The van der Waals surface area contributed by atoms with Crippen molar-refractivity contribution < 1.29 is 9.53 Å². The highest BCUT2D eigenvalue weighted by atomic mass is 16.5. The number of carbonyl (C=O) groups excluding carboxylic acids is 1. The number of nitrogens with zero attached hydrogens (tertiary/aromatic N) is 2. The van der Waals surface area contributed by atoms with Crippen LogP contribution in [0.1, 0.15) is 36.1 Å². The first-order chi connectivity index (χ1) is 14.5. The second kappa shape index (κ2) is 7.01. The summed E-state index contributed by atoms with van der Waals surface area (Å²) >= 11 is 0. The van der Waals surface area contributed by atoms with Crippen molar-refractivity contribution in [2.45, 2.75) is 45.1 Å². The van der Waals surface area contributed by atoms with Gasteiger partial charge in [0, 0.05) is 43.2 Å². The highest BCUT2D eigenvalue weighted by Gasteiger charge is 2.40. The standard InChI is InChI=1S/C25H27N3O2/c1-16-20(18-3-4-22-17(2)27-12-8-19(22)15-18)5-6-23-21(16)7-9-25(30-23)10-13-28(14-11-25)24(26)29/h3-6,8,12,15H,7,9-11,13-14H2,1-2H3,(H2,26,29). The first-order valence-corrected chi connectivity index (χ1v) is 10.7. The van der Waals surface area contributed by atoms with Gasteiger partial charge in [0.15, 0.2) is 0 Å². The number of hydrogen-bond donors (Lipinski definition) is 1. The van der Waals surface area contributed by atoms with Gasteiger partial charge in [-0.05, 0) is 72.5 Å². The van der Waals surface area contributed by atoms with E-state index in [2.05, 4.69) is 48.3 Å². The average Bonchev–Trinajstić information content (AvgIpc) is 2.74. The van der Waals surface area contributed by atoms with Crippen molar-refractivity contribution in [3.8, 4) is 16.9 Å². The summed E-state index contributed by atoms with van der Waals surface area (Å²) in [5.74, 6) is 0.996. The maximum Gasteiger partial charge on any atom is 0.314 e. The van der Waals surface area contributed by atoms with Crippen LogP contribution in [0, 0.1) is 13.8 Å². The number of hydrogen-bond acceptors (Lipinski definition) is 3. The minimum Gasteiger partial charge on any atom is -0.487 e. The number of aromatic nitrogens is 1. The fourth-order valence-corrected chi connectivity index (χ4v) is 5.07. The maximum atomic E-state index is 11.4. The molecule has 1 saturated heterocycles. The Hall–Kier alpha value is -3.08. The zero-order valence-electron chi connectivity index (χ0n) is 17.6. The molecule has 1 fully saturated rings. The van der Waals surface area contributed by atoms with Crippen molar-refractivity contribution >= 4 is 16.8 Å². The molecule has 0 atom stereocenters. The number of likely N-dealkylation sites (tertiary alicyclic amines) is 1. The number of carbonyl (C=O) groups is 1. The van der Waals surface area contributed by atoms with Crippen molar-refractivity contribution in [1.29, 1.82) is 0 Å². The molecule has 2 aliphatic rings. The molecule has 5 heteroatoms. The van der Waals surface area contributed by atoms with Gasteiger partial charge >= 0.3 is 6.03 Å². The summed E-state index contributed by atoms with van der Waals surface area (Å²) in [6, 6.07) is 12.7. The van der Waals surface area contributed by atoms with Gasteiger partial charge in [-0.15, -0.1) is 0 Å². The summed E-state index contributed by atoms with van der Waals surface area (Å²) in [6.07, 6.45) is 5.54. The topological polar surface area (TPSA) is 68.5 Å². The van der Waals surface area contributed by atoms with E-state index in [4.69, 9.17) is 10.5 Å². The Kier molecular flexibility index (Phi) is 4.42. The van der Waals surface area contributed by atoms with Crippen LogP contribution < -0.4 is 10.5 Å². The number of amides is 2. The first kappa shape index (κ1) is 18.9. The summed E-state index contributed by atoms with van der Waals surface area (Å²) in [5, 5.41) is 2.41. The molecule has 2 amide bonds. The van der Waals surface area contributed by atoms with E-state index in [9.17, 15) is 4.79 Å². The van der Waals surface area contributed by atoms with Crippen molar-refractivity contribution in [3.05, 3.63) is 59.4 Å². The lowest BCUT2D eigenvalue weighted by atomic mass is 9.81. The molecule has 3 heterocycles. The number of benzene rings is 2. The minimum atomic E-state index is -0.331. The van der Waals surface area contributed by atoms with Crippen LogP contribution in [-0.4, -0.2) is 34.6 Å². The summed E-state index contributed by atoms with van der Waals surface area (Å²) in [4.78, 5) is 17.6. The quantitative estimate of drug-likeness (QED) is 0.639. The highest BCUT2D eigenvalue weighted by molar-refractivity contribution is 5.89. The van der Waals surface area contributed by atoms with E-state index in [1.54, 1.807) is 4.90 Å². The third kappa shape index (κ3) is 3.09. The van der Waals surface area contributed by atoms with Crippen LogP contribution in [0.5, 0.6) is 5.75 Å². The number of aryl methyl sites for hydroxylation is 1. The van der Waals surface area contributed by atoms with E-state index in [1.807, 2.05) is 13.1 Å². The fraction of sp³-hybridized carbons (Fsp3) is 0.360. The van der Waals surface area contributed by atoms with Crippen LogP contribution in [0.4, 0.5) is 4.79 Å². The number of piperidine rings is 1. The van der Waals surface area contributed by atoms with Gasteiger partial charge in [-0.1, -0.05) is 18.2 Å². The Morgan fingerprint density at radius 3 is 2.67 bits per heavy atom. The van der Waals surface area contributed by atoms with Gasteiger partial charge in [0.25, 0.3) is 0 Å².